The lowest BCUT2D eigenvalue weighted by Crippen LogP contribution is -2.18. The molecule has 2 N–H and O–H groups in total. The fraction of sp³-hybridized carbons (Fsp3) is 0.400. The van der Waals surface area contributed by atoms with Gasteiger partial charge in [-0.05, 0) is 38.0 Å². The van der Waals surface area contributed by atoms with E-state index >= 15 is 0 Å². The van der Waals surface area contributed by atoms with Gasteiger partial charge in [0.2, 0.25) is 0 Å². The van der Waals surface area contributed by atoms with Gasteiger partial charge in [0.05, 0.1) is 17.7 Å². The highest BCUT2D eigenvalue weighted by atomic mass is 32.1. The lowest BCUT2D eigenvalue weighted by atomic mass is 10.1. The van der Waals surface area contributed by atoms with Crippen molar-refractivity contribution in [2.24, 2.45) is 5.73 Å². The van der Waals surface area contributed by atoms with Crippen molar-refractivity contribution >= 4 is 17.0 Å². The molecule has 0 amide bonds. The summed E-state index contributed by atoms with van der Waals surface area (Å²) in [5, 5.41) is 0. The van der Waals surface area contributed by atoms with Gasteiger partial charge in [-0.15, -0.1) is 11.3 Å². The van der Waals surface area contributed by atoms with Crippen molar-refractivity contribution in [2.45, 2.75) is 32.9 Å². The number of anilines is 1. The van der Waals surface area contributed by atoms with Crippen molar-refractivity contribution in [3.63, 3.8) is 0 Å². The summed E-state index contributed by atoms with van der Waals surface area (Å²) in [6, 6.07) is 8.86. The van der Waals surface area contributed by atoms with Crippen LogP contribution in [0.5, 0.6) is 0 Å². The standard InChI is InChI=1S/C15H21N3S/c1-11(16)8-13-4-6-14(7-5-13)18(3)9-15-12(2)17-10-19-15/h4-7,10-11H,8-9,16H2,1-3H3. The summed E-state index contributed by atoms with van der Waals surface area (Å²) < 4.78 is 0. The third-order valence-electron chi connectivity index (χ3n) is 3.16. The highest BCUT2D eigenvalue weighted by Gasteiger charge is 2.07. The van der Waals surface area contributed by atoms with Crippen molar-refractivity contribution in [2.75, 3.05) is 11.9 Å². The number of aromatic nitrogens is 1. The van der Waals surface area contributed by atoms with Crippen LogP contribution < -0.4 is 10.6 Å². The highest BCUT2D eigenvalue weighted by molar-refractivity contribution is 7.09. The number of rotatable bonds is 5. The van der Waals surface area contributed by atoms with Crippen LogP contribution in [0.1, 0.15) is 23.1 Å². The van der Waals surface area contributed by atoms with E-state index < -0.39 is 0 Å². The van der Waals surface area contributed by atoms with Crippen LogP contribution in [0.4, 0.5) is 5.69 Å². The Labute approximate surface area is 119 Å². The molecule has 102 valence electrons. The molecule has 0 radical (unpaired) electrons. The average molecular weight is 275 g/mol. The molecule has 1 atom stereocenters. The zero-order chi connectivity index (χ0) is 13.8. The molecule has 0 aliphatic carbocycles. The molecule has 1 unspecified atom stereocenters. The smallest absolute Gasteiger partial charge is 0.0798 e. The maximum absolute atomic E-state index is 5.81. The zero-order valence-electron chi connectivity index (χ0n) is 11.8. The van der Waals surface area contributed by atoms with Crippen LogP contribution in [-0.4, -0.2) is 18.1 Å². The topological polar surface area (TPSA) is 42.2 Å². The van der Waals surface area contributed by atoms with E-state index in [4.69, 9.17) is 5.73 Å². The molecular weight excluding hydrogens is 254 g/mol. The molecule has 0 spiro atoms. The molecule has 0 aliphatic heterocycles. The van der Waals surface area contributed by atoms with Gasteiger partial charge in [0.1, 0.15) is 0 Å². The van der Waals surface area contributed by atoms with Crippen LogP contribution in [0.15, 0.2) is 29.8 Å². The van der Waals surface area contributed by atoms with Crippen LogP contribution >= 0.6 is 11.3 Å². The summed E-state index contributed by atoms with van der Waals surface area (Å²) in [6.45, 7) is 5.00. The van der Waals surface area contributed by atoms with E-state index in [9.17, 15) is 0 Å². The molecule has 0 fully saturated rings. The van der Waals surface area contributed by atoms with Crippen LogP contribution in [-0.2, 0) is 13.0 Å². The Morgan fingerprint density at radius 1 is 1.32 bits per heavy atom. The van der Waals surface area contributed by atoms with Gasteiger partial charge in [0.15, 0.2) is 0 Å². The van der Waals surface area contributed by atoms with Gasteiger partial charge in [-0.25, -0.2) is 4.98 Å². The summed E-state index contributed by atoms with van der Waals surface area (Å²) in [5.74, 6) is 0. The minimum atomic E-state index is 0.212. The Morgan fingerprint density at radius 2 is 2.00 bits per heavy atom. The van der Waals surface area contributed by atoms with Crippen molar-refractivity contribution in [1.29, 1.82) is 0 Å². The van der Waals surface area contributed by atoms with Crippen molar-refractivity contribution in [1.82, 2.24) is 4.98 Å². The van der Waals surface area contributed by atoms with Crippen LogP contribution in [0.2, 0.25) is 0 Å². The fourth-order valence-corrected chi connectivity index (χ4v) is 2.87. The van der Waals surface area contributed by atoms with Crippen LogP contribution in [0.25, 0.3) is 0 Å². The first-order chi connectivity index (χ1) is 9.06. The summed E-state index contributed by atoms with van der Waals surface area (Å²) in [7, 11) is 2.11. The Kier molecular flexibility index (Phi) is 4.56. The van der Waals surface area contributed by atoms with E-state index in [2.05, 4.69) is 48.1 Å². The van der Waals surface area contributed by atoms with Gasteiger partial charge in [-0.1, -0.05) is 12.1 Å². The Balaban J connectivity index is 2.03. The SMILES string of the molecule is Cc1ncsc1CN(C)c1ccc(CC(C)N)cc1. The second-order valence-corrected chi connectivity index (χ2v) is 6.00. The van der Waals surface area contributed by atoms with E-state index in [-0.39, 0.29) is 6.04 Å². The molecule has 0 saturated heterocycles. The molecule has 3 nitrogen and oxygen atoms in total. The van der Waals surface area contributed by atoms with E-state index in [1.54, 1.807) is 11.3 Å². The fourth-order valence-electron chi connectivity index (χ4n) is 2.04. The molecule has 19 heavy (non-hydrogen) atoms. The lowest BCUT2D eigenvalue weighted by Gasteiger charge is -2.19. The Hall–Kier alpha value is -1.39. The molecule has 4 heteroatoms. The number of hydrogen-bond donors (Lipinski definition) is 1. The predicted octanol–water partition coefficient (Wildman–Crippen LogP) is 2.98. The first-order valence-corrected chi connectivity index (χ1v) is 7.39. The van der Waals surface area contributed by atoms with Crippen molar-refractivity contribution in [3.05, 3.63) is 45.9 Å². The molecule has 1 aromatic carbocycles. The maximum Gasteiger partial charge on any atom is 0.0798 e. The van der Waals surface area contributed by atoms with Crippen LogP contribution in [0, 0.1) is 6.92 Å². The lowest BCUT2D eigenvalue weighted by molar-refractivity contribution is 0.738. The predicted molar refractivity (Wildman–Crippen MR) is 82.8 cm³/mol. The van der Waals surface area contributed by atoms with Crippen molar-refractivity contribution in [3.8, 4) is 0 Å². The minimum absolute atomic E-state index is 0.212. The molecular formula is C15H21N3S. The van der Waals surface area contributed by atoms with E-state index in [0.29, 0.717) is 0 Å². The number of thiazole rings is 1. The van der Waals surface area contributed by atoms with Gasteiger partial charge < -0.3 is 10.6 Å². The van der Waals surface area contributed by atoms with Crippen LogP contribution in [0.3, 0.4) is 0 Å². The normalized spacial score (nSPS) is 12.4. The first kappa shape index (κ1) is 14.0. The highest BCUT2D eigenvalue weighted by Crippen LogP contribution is 2.20. The monoisotopic (exact) mass is 275 g/mol. The summed E-state index contributed by atoms with van der Waals surface area (Å²) in [6.07, 6.45) is 0.929. The van der Waals surface area contributed by atoms with E-state index in [1.165, 1.54) is 16.1 Å². The number of aryl methyl sites for hydroxylation is 1. The summed E-state index contributed by atoms with van der Waals surface area (Å²) >= 11 is 1.71. The van der Waals surface area contributed by atoms with Crippen molar-refractivity contribution < 1.29 is 0 Å². The summed E-state index contributed by atoms with van der Waals surface area (Å²) in [5.41, 5.74) is 11.4. The number of nitrogens with two attached hydrogens (primary N) is 1. The minimum Gasteiger partial charge on any atom is -0.369 e. The Bertz CT molecular complexity index is 516. The van der Waals surface area contributed by atoms with Gasteiger partial charge in [-0.2, -0.15) is 0 Å². The van der Waals surface area contributed by atoms with Gasteiger partial charge in [0, 0.05) is 23.7 Å². The zero-order valence-corrected chi connectivity index (χ0v) is 12.6. The molecule has 0 aliphatic rings. The van der Waals surface area contributed by atoms with Gasteiger partial charge in [0.25, 0.3) is 0 Å². The quantitative estimate of drug-likeness (QED) is 0.912. The molecule has 1 aromatic heterocycles. The Morgan fingerprint density at radius 3 is 2.53 bits per heavy atom. The third-order valence-corrected chi connectivity index (χ3v) is 4.08. The first-order valence-electron chi connectivity index (χ1n) is 6.51. The van der Waals surface area contributed by atoms with E-state index in [1.807, 2.05) is 12.4 Å². The van der Waals surface area contributed by atoms with E-state index in [0.717, 1.165) is 18.7 Å². The second kappa shape index (κ2) is 6.17. The molecule has 0 bridgehead atoms. The molecule has 1 heterocycles. The molecule has 2 rings (SSSR count). The number of benzene rings is 1. The number of hydrogen-bond acceptors (Lipinski definition) is 4. The number of nitrogens with zero attached hydrogens (tertiary/aromatic N) is 2. The maximum atomic E-state index is 5.81. The third kappa shape index (κ3) is 3.78. The van der Waals surface area contributed by atoms with Gasteiger partial charge in [-0.3, -0.25) is 0 Å². The average Bonchev–Trinajstić information content (AvgIpc) is 2.75. The largest absolute Gasteiger partial charge is 0.369 e. The molecule has 0 saturated carbocycles. The van der Waals surface area contributed by atoms with Gasteiger partial charge >= 0.3 is 0 Å². The second-order valence-electron chi connectivity index (χ2n) is 5.06. The summed E-state index contributed by atoms with van der Waals surface area (Å²) in [4.78, 5) is 7.86. The molecule has 2 aromatic rings.